The number of nitrogens with two attached hydrogens (primary N) is 1. The fourth-order valence-corrected chi connectivity index (χ4v) is 4.40. The SMILES string of the molecule is C=CCn1cc(C(=O)N2CCN(c3ccc(F)cc3)CC2C(N)=O)c2c(c1=O)CC(C)=C2. The van der Waals surface area contributed by atoms with Crippen LogP contribution in [-0.4, -0.2) is 47.0 Å². The minimum Gasteiger partial charge on any atom is -0.368 e. The smallest absolute Gasteiger partial charge is 0.256 e. The van der Waals surface area contributed by atoms with Gasteiger partial charge in [0.15, 0.2) is 0 Å². The molecule has 1 fully saturated rings. The van der Waals surface area contributed by atoms with Crippen LogP contribution >= 0.6 is 0 Å². The molecule has 2 aliphatic rings. The number of carbonyl (C=O) groups excluding carboxylic acids is 2. The average molecular weight is 436 g/mol. The number of benzene rings is 1. The first-order valence-electron chi connectivity index (χ1n) is 10.5. The number of carbonyl (C=O) groups is 2. The molecule has 2 N–H and O–H groups in total. The van der Waals surface area contributed by atoms with Gasteiger partial charge in [0, 0.05) is 43.6 Å². The molecule has 4 rings (SSSR count). The molecule has 0 radical (unpaired) electrons. The number of primary amides is 1. The van der Waals surface area contributed by atoms with Crippen molar-refractivity contribution in [2.45, 2.75) is 25.9 Å². The minimum absolute atomic E-state index is 0.142. The normalized spacial score (nSPS) is 17.7. The zero-order chi connectivity index (χ0) is 23.0. The van der Waals surface area contributed by atoms with Gasteiger partial charge in [-0.2, -0.15) is 0 Å². The van der Waals surface area contributed by atoms with Gasteiger partial charge in [-0.15, -0.1) is 6.58 Å². The third-order valence-electron chi connectivity index (χ3n) is 5.98. The fraction of sp³-hybridized carbons (Fsp3) is 0.292. The summed E-state index contributed by atoms with van der Waals surface area (Å²) >= 11 is 0. The zero-order valence-electron chi connectivity index (χ0n) is 17.9. The number of fused-ring (bicyclic) bond motifs is 1. The van der Waals surface area contributed by atoms with E-state index in [2.05, 4.69) is 6.58 Å². The van der Waals surface area contributed by atoms with Crippen LogP contribution in [0.4, 0.5) is 10.1 Å². The molecule has 2 amide bonds. The Morgan fingerprint density at radius 2 is 1.97 bits per heavy atom. The Morgan fingerprint density at radius 1 is 1.25 bits per heavy atom. The molecule has 2 heterocycles. The summed E-state index contributed by atoms with van der Waals surface area (Å²) in [5.74, 6) is -1.30. The van der Waals surface area contributed by atoms with Crippen LogP contribution in [0.25, 0.3) is 6.08 Å². The fourth-order valence-electron chi connectivity index (χ4n) is 4.40. The lowest BCUT2D eigenvalue weighted by Crippen LogP contribution is -2.60. The maximum absolute atomic E-state index is 13.6. The first-order chi connectivity index (χ1) is 15.3. The maximum atomic E-state index is 13.6. The number of pyridine rings is 1. The third kappa shape index (κ3) is 3.84. The van der Waals surface area contributed by atoms with Crippen molar-refractivity contribution in [3.8, 4) is 0 Å². The number of rotatable bonds is 5. The van der Waals surface area contributed by atoms with Crippen LogP contribution in [0.2, 0.25) is 0 Å². The van der Waals surface area contributed by atoms with Crippen LogP contribution in [-0.2, 0) is 17.8 Å². The molecule has 0 bridgehead atoms. The summed E-state index contributed by atoms with van der Waals surface area (Å²) in [7, 11) is 0. The van der Waals surface area contributed by atoms with Gasteiger partial charge in [-0.1, -0.05) is 17.7 Å². The Morgan fingerprint density at radius 3 is 2.62 bits per heavy atom. The van der Waals surface area contributed by atoms with E-state index in [-0.39, 0.29) is 36.9 Å². The summed E-state index contributed by atoms with van der Waals surface area (Å²) in [5, 5.41) is 0. The van der Waals surface area contributed by atoms with Gasteiger partial charge in [0.1, 0.15) is 11.9 Å². The predicted octanol–water partition coefficient (Wildman–Crippen LogP) is 1.95. The topological polar surface area (TPSA) is 88.6 Å². The first-order valence-corrected chi connectivity index (χ1v) is 10.5. The lowest BCUT2D eigenvalue weighted by molar-refractivity contribution is -0.122. The van der Waals surface area contributed by atoms with Crippen LogP contribution in [0, 0.1) is 5.82 Å². The molecule has 7 nitrogen and oxygen atoms in total. The van der Waals surface area contributed by atoms with Gasteiger partial charge in [0.2, 0.25) is 5.91 Å². The second-order valence-corrected chi connectivity index (χ2v) is 8.19. The lowest BCUT2D eigenvalue weighted by atomic mass is 10.0. The molecule has 1 aliphatic carbocycles. The van der Waals surface area contributed by atoms with Crippen molar-refractivity contribution < 1.29 is 14.0 Å². The molecule has 0 spiro atoms. The van der Waals surface area contributed by atoms with E-state index in [4.69, 9.17) is 5.73 Å². The van der Waals surface area contributed by atoms with Crippen molar-refractivity contribution in [1.29, 1.82) is 0 Å². The Bertz CT molecular complexity index is 1180. The molecule has 1 aromatic heterocycles. The minimum atomic E-state index is -0.858. The molecule has 32 heavy (non-hydrogen) atoms. The molecule has 2 aromatic rings. The van der Waals surface area contributed by atoms with Gasteiger partial charge in [0.05, 0.1) is 5.56 Å². The number of hydrogen-bond donors (Lipinski definition) is 1. The van der Waals surface area contributed by atoms with Crippen molar-refractivity contribution >= 4 is 23.6 Å². The molecule has 1 aromatic carbocycles. The van der Waals surface area contributed by atoms with Gasteiger partial charge >= 0.3 is 0 Å². The van der Waals surface area contributed by atoms with Crippen LogP contribution in [0.1, 0.15) is 28.4 Å². The largest absolute Gasteiger partial charge is 0.368 e. The summed E-state index contributed by atoms with van der Waals surface area (Å²) in [6.07, 6.45) is 5.50. The van der Waals surface area contributed by atoms with E-state index in [0.29, 0.717) is 29.7 Å². The quantitative estimate of drug-likeness (QED) is 0.726. The highest BCUT2D eigenvalue weighted by molar-refractivity contribution is 6.01. The number of piperazine rings is 1. The van der Waals surface area contributed by atoms with Crippen LogP contribution < -0.4 is 16.2 Å². The number of halogens is 1. The zero-order valence-corrected chi connectivity index (χ0v) is 17.9. The Balaban J connectivity index is 1.68. The summed E-state index contributed by atoms with van der Waals surface area (Å²) in [6.45, 7) is 6.82. The van der Waals surface area contributed by atoms with Gasteiger partial charge in [-0.05, 0) is 43.2 Å². The van der Waals surface area contributed by atoms with Gasteiger partial charge in [-0.25, -0.2) is 4.39 Å². The standard InChI is InChI=1S/C24H25FN4O3/c1-3-8-28-13-20(18-11-15(2)12-19(18)23(28)31)24(32)29-10-9-27(14-21(29)22(26)30)17-6-4-16(25)5-7-17/h3-7,11,13,21H,1,8-10,12,14H2,2H3,(H2,26,30). The lowest BCUT2D eigenvalue weighted by Gasteiger charge is -2.41. The number of allylic oxidation sites excluding steroid dienone is 2. The van der Waals surface area contributed by atoms with E-state index < -0.39 is 11.9 Å². The number of anilines is 1. The van der Waals surface area contributed by atoms with Crippen LogP contribution in [0.3, 0.4) is 0 Å². The van der Waals surface area contributed by atoms with E-state index >= 15 is 0 Å². The highest BCUT2D eigenvalue weighted by Gasteiger charge is 2.36. The highest BCUT2D eigenvalue weighted by atomic mass is 19.1. The second-order valence-electron chi connectivity index (χ2n) is 8.19. The average Bonchev–Trinajstić information content (AvgIpc) is 3.17. The predicted molar refractivity (Wildman–Crippen MR) is 121 cm³/mol. The number of hydrogen-bond acceptors (Lipinski definition) is 4. The molecule has 166 valence electrons. The highest BCUT2D eigenvalue weighted by Crippen LogP contribution is 2.28. The first kappa shape index (κ1) is 21.5. The van der Waals surface area contributed by atoms with Crippen molar-refractivity contribution in [3.63, 3.8) is 0 Å². The van der Waals surface area contributed by atoms with Crippen LogP contribution in [0.15, 0.2) is 53.5 Å². The van der Waals surface area contributed by atoms with Crippen molar-refractivity contribution in [3.05, 3.63) is 81.6 Å². The summed E-state index contributed by atoms with van der Waals surface area (Å²) in [5.41, 5.74) is 8.85. The number of nitrogens with zero attached hydrogens (tertiary/aromatic N) is 3. The Labute approximate surface area is 185 Å². The van der Waals surface area contributed by atoms with E-state index in [1.165, 1.54) is 21.6 Å². The molecule has 8 heteroatoms. The Hall–Kier alpha value is -3.68. The summed E-state index contributed by atoms with van der Waals surface area (Å²) in [6, 6.07) is 5.12. The van der Waals surface area contributed by atoms with Crippen molar-refractivity contribution in [2.75, 3.05) is 24.5 Å². The third-order valence-corrected chi connectivity index (χ3v) is 5.98. The Kier molecular flexibility index (Phi) is 5.69. The summed E-state index contributed by atoms with van der Waals surface area (Å²) in [4.78, 5) is 42.1. The van der Waals surface area contributed by atoms with Gasteiger partial charge in [-0.3, -0.25) is 14.4 Å². The molecular formula is C24H25FN4O3. The number of amides is 2. The van der Waals surface area contributed by atoms with E-state index in [1.807, 2.05) is 17.9 Å². The monoisotopic (exact) mass is 436 g/mol. The molecule has 0 saturated carbocycles. The van der Waals surface area contributed by atoms with E-state index in [9.17, 15) is 18.8 Å². The van der Waals surface area contributed by atoms with E-state index in [0.717, 1.165) is 11.3 Å². The molecular weight excluding hydrogens is 411 g/mol. The van der Waals surface area contributed by atoms with Crippen molar-refractivity contribution in [2.24, 2.45) is 5.73 Å². The van der Waals surface area contributed by atoms with E-state index in [1.54, 1.807) is 24.4 Å². The summed E-state index contributed by atoms with van der Waals surface area (Å²) < 4.78 is 14.8. The maximum Gasteiger partial charge on any atom is 0.256 e. The molecule has 1 unspecified atom stereocenters. The van der Waals surface area contributed by atoms with Crippen molar-refractivity contribution in [1.82, 2.24) is 9.47 Å². The van der Waals surface area contributed by atoms with Gasteiger partial charge < -0.3 is 20.1 Å². The second kappa shape index (κ2) is 8.45. The molecule has 1 aliphatic heterocycles. The molecule has 1 saturated heterocycles. The van der Waals surface area contributed by atoms with Crippen LogP contribution in [0.5, 0.6) is 0 Å². The number of aromatic nitrogens is 1. The molecule has 1 atom stereocenters. The van der Waals surface area contributed by atoms with Gasteiger partial charge in [0.25, 0.3) is 11.5 Å².